The second-order valence-corrected chi connectivity index (χ2v) is 11.7. The molecule has 35 heavy (non-hydrogen) atoms. The van der Waals surface area contributed by atoms with E-state index in [2.05, 4.69) is 32.0 Å². The Kier molecular flexibility index (Phi) is 9.71. The summed E-state index contributed by atoms with van der Waals surface area (Å²) >= 11 is 1.54. The minimum absolute atomic E-state index is 0.0184. The van der Waals surface area contributed by atoms with Crippen molar-refractivity contribution < 1.29 is 24.2 Å². The van der Waals surface area contributed by atoms with Gasteiger partial charge in [-0.2, -0.15) is 0 Å². The number of ketones is 1. The number of aliphatic hydroxyl groups excluding tert-OH is 1. The molecule has 0 radical (unpaired) electrons. The normalized spacial score (nSPS) is 13.9. The van der Waals surface area contributed by atoms with E-state index in [0.717, 1.165) is 39.5 Å². The molecule has 0 spiro atoms. The van der Waals surface area contributed by atoms with Crippen LogP contribution in [0.3, 0.4) is 0 Å². The SMILES string of the molecule is CCC(CC)(c1ccc(OCC(O)C(C)(C)C)c(C)c1)c1cc(C)c(C(=O)CC(C)C(=O)OC)s1. The Morgan fingerprint density at radius 2 is 1.69 bits per heavy atom. The summed E-state index contributed by atoms with van der Waals surface area (Å²) in [5, 5.41) is 10.3. The third-order valence-electron chi connectivity index (χ3n) is 7.07. The van der Waals surface area contributed by atoms with Crippen molar-refractivity contribution in [1.82, 2.24) is 0 Å². The fourth-order valence-electron chi connectivity index (χ4n) is 4.33. The zero-order valence-electron chi connectivity index (χ0n) is 22.8. The predicted molar refractivity (Wildman–Crippen MR) is 143 cm³/mol. The third-order valence-corrected chi connectivity index (χ3v) is 8.55. The molecule has 0 fully saturated rings. The molecule has 0 aliphatic rings. The lowest BCUT2D eigenvalue weighted by atomic mass is 9.74. The second kappa shape index (κ2) is 11.7. The Morgan fingerprint density at radius 3 is 2.20 bits per heavy atom. The lowest BCUT2D eigenvalue weighted by Gasteiger charge is -2.32. The Bertz CT molecular complexity index is 1030. The van der Waals surface area contributed by atoms with Gasteiger partial charge in [0.1, 0.15) is 12.4 Å². The number of aliphatic hydroxyl groups is 1. The number of hydrogen-bond acceptors (Lipinski definition) is 6. The first-order chi connectivity index (χ1) is 16.3. The van der Waals surface area contributed by atoms with Crippen LogP contribution in [0.25, 0.3) is 0 Å². The van der Waals surface area contributed by atoms with Crippen molar-refractivity contribution in [3.05, 3.63) is 50.7 Å². The summed E-state index contributed by atoms with van der Waals surface area (Å²) in [6.07, 6.45) is 1.36. The summed E-state index contributed by atoms with van der Waals surface area (Å²) in [6, 6.07) is 8.40. The molecule has 5 nitrogen and oxygen atoms in total. The van der Waals surface area contributed by atoms with Crippen LogP contribution in [0.4, 0.5) is 0 Å². The van der Waals surface area contributed by atoms with Gasteiger partial charge in [0, 0.05) is 16.7 Å². The largest absolute Gasteiger partial charge is 0.491 e. The van der Waals surface area contributed by atoms with Crippen LogP contribution in [0, 0.1) is 25.2 Å². The zero-order chi connectivity index (χ0) is 26.6. The van der Waals surface area contributed by atoms with Gasteiger partial charge in [-0.05, 0) is 60.9 Å². The van der Waals surface area contributed by atoms with Crippen LogP contribution in [-0.4, -0.2) is 36.7 Å². The average Bonchev–Trinajstić information content (AvgIpc) is 3.20. The van der Waals surface area contributed by atoms with Crippen LogP contribution in [0.15, 0.2) is 24.3 Å². The van der Waals surface area contributed by atoms with Gasteiger partial charge in [-0.3, -0.25) is 9.59 Å². The molecule has 0 bridgehead atoms. The number of carbonyl (C=O) groups excluding carboxylic acids is 2. The van der Waals surface area contributed by atoms with E-state index < -0.39 is 12.0 Å². The van der Waals surface area contributed by atoms with Gasteiger partial charge in [-0.25, -0.2) is 0 Å². The Labute approximate surface area is 214 Å². The maximum Gasteiger partial charge on any atom is 0.308 e. The van der Waals surface area contributed by atoms with Crippen LogP contribution >= 0.6 is 11.3 Å². The zero-order valence-corrected chi connectivity index (χ0v) is 23.6. The van der Waals surface area contributed by atoms with Crippen LogP contribution in [0.1, 0.15) is 92.0 Å². The topological polar surface area (TPSA) is 72.8 Å². The molecule has 0 amide bonds. The fraction of sp³-hybridized carbons (Fsp3) is 0.586. The number of benzene rings is 1. The number of methoxy groups -OCH3 is 1. The molecular weight excluding hydrogens is 460 g/mol. The van der Waals surface area contributed by atoms with Crippen molar-refractivity contribution in [3.8, 4) is 5.75 Å². The van der Waals surface area contributed by atoms with Gasteiger partial charge in [0.05, 0.1) is 24.0 Å². The number of hydrogen-bond donors (Lipinski definition) is 1. The van der Waals surface area contributed by atoms with Gasteiger partial charge >= 0.3 is 5.97 Å². The van der Waals surface area contributed by atoms with E-state index >= 15 is 0 Å². The summed E-state index contributed by atoms with van der Waals surface area (Å²) < 4.78 is 10.7. The van der Waals surface area contributed by atoms with E-state index in [1.807, 2.05) is 40.7 Å². The number of esters is 1. The number of carbonyl (C=O) groups is 2. The molecule has 0 saturated heterocycles. The first kappa shape index (κ1) is 29.1. The van der Waals surface area contributed by atoms with Crippen molar-refractivity contribution in [2.45, 2.75) is 86.2 Å². The maximum absolute atomic E-state index is 13.0. The Balaban J connectivity index is 2.36. The molecule has 2 atom stereocenters. The van der Waals surface area contributed by atoms with Crippen molar-refractivity contribution in [3.63, 3.8) is 0 Å². The van der Waals surface area contributed by atoms with Gasteiger partial charge in [-0.15, -0.1) is 11.3 Å². The van der Waals surface area contributed by atoms with Gasteiger partial charge in [-0.1, -0.05) is 53.7 Å². The molecule has 6 heteroatoms. The summed E-state index contributed by atoms with van der Waals surface area (Å²) in [7, 11) is 1.35. The quantitative estimate of drug-likeness (QED) is 0.275. The molecule has 0 aliphatic heterocycles. The van der Waals surface area contributed by atoms with Gasteiger partial charge in [0.15, 0.2) is 5.78 Å². The first-order valence-electron chi connectivity index (χ1n) is 12.4. The number of aryl methyl sites for hydroxylation is 2. The molecule has 2 rings (SSSR count). The lowest BCUT2D eigenvalue weighted by Crippen LogP contribution is -2.32. The average molecular weight is 503 g/mol. The molecular formula is C29H42O5S. The highest BCUT2D eigenvalue weighted by Crippen LogP contribution is 2.44. The maximum atomic E-state index is 13.0. The van der Waals surface area contributed by atoms with E-state index in [0.29, 0.717) is 0 Å². The standard InChI is InChI=1S/C29H42O5S/c1-10-29(11-2,21-12-13-23(18(3)14-21)34-17-24(31)28(6,7)8)25-16-19(4)26(35-25)22(30)15-20(5)27(32)33-9/h12-14,16,20,24,31H,10-11,15,17H2,1-9H3. The van der Waals surface area contributed by atoms with Crippen molar-refractivity contribution >= 4 is 23.1 Å². The van der Waals surface area contributed by atoms with E-state index in [-0.39, 0.29) is 35.6 Å². The summed E-state index contributed by atoms with van der Waals surface area (Å²) in [4.78, 5) is 26.7. The van der Waals surface area contributed by atoms with Gasteiger partial charge in [0.2, 0.25) is 0 Å². The lowest BCUT2D eigenvalue weighted by molar-refractivity contribution is -0.144. The summed E-state index contributed by atoms with van der Waals surface area (Å²) in [6.45, 7) is 16.3. The van der Waals surface area contributed by atoms with Gasteiger partial charge < -0.3 is 14.6 Å². The second-order valence-electron chi connectivity index (χ2n) is 10.6. The highest BCUT2D eigenvalue weighted by molar-refractivity contribution is 7.14. The molecule has 0 aliphatic carbocycles. The number of ether oxygens (including phenoxy) is 2. The van der Waals surface area contributed by atoms with Crippen LogP contribution in [0.5, 0.6) is 5.75 Å². The molecule has 0 saturated carbocycles. The highest BCUT2D eigenvalue weighted by atomic mass is 32.1. The van der Waals surface area contributed by atoms with Crippen LogP contribution in [-0.2, 0) is 14.9 Å². The van der Waals surface area contributed by atoms with E-state index in [9.17, 15) is 14.7 Å². The molecule has 1 aromatic carbocycles. The fourth-order valence-corrected chi connectivity index (χ4v) is 5.80. The molecule has 1 heterocycles. The smallest absolute Gasteiger partial charge is 0.308 e. The molecule has 1 N–H and O–H groups in total. The van der Waals surface area contributed by atoms with Crippen LogP contribution < -0.4 is 4.74 Å². The van der Waals surface area contributed by atoms with E-state index in [1.165, 1.54) is 12.7 Å². The number of thiophene rings is 1. The van der Waals surface area contributed by atoms with Crippen molar-refractivity contribution in [2.24, 2.45) is 11.3 Å². The summed E-state index contributed by atoms with van der Waals surface area (Å²) in [5.41, 5.74) is 2.69. The van der Waals surface area contributed by atoms with Crippen LogP contribution in [0.2, 0.25) is 0 Å². The third kappa shape index (κ3) is 6.53. The highest BCUT2D eigenvalue weighted by Gasteiger charge is 2.34. The molecule has 194 valence electrons. The van der Waals surface area contributed by atoms with E-state index in [1.54, 1.807) is 18.3 Å². The van der Waals surface area contributed by atoms with E-state index in [4.69, 9.17) is 9.47 Å². The molecule has 1 aromatic heterocycles. The predicted octanol–water partition coefficient (Wildman–Crippen LogP) is 6.64. The number of rotatable bonds is 11. The Hall–Kier alpha value is -2.18. The Morgan fingerprint density at radius 1 is 1.06 bits per heavy atom. The van der Waals surface area contributed by atoms with Crippen molar-refractivity contribution in [1.29, 1.82) is 0 Å². The number of Topliss-reactive ketones (excluding diaryl/α,β-unsaturated/α-hetero) is 1. The van der Waals surface area contributed by atoms with Gasteiger partial charge in [0.25, 0.3) is 0 Å². The summed E-state index contributed by atoms with van der Waals surface area (Å²) in [5.74, 6) is -0.0770. The minimum atomic E-state index is -0.557. The molecule has 2 aromatic rings. The van der Waals surface area contributed by atoms with Crippen molar-refractivity contribution in [2.75, 3.05) is 13.7 Å². The molecule has 2 unspecified atom stereocenters. The minimum Gasteiger partial charge on any atom is -0.491 e. The first-order valence-corrected chi connectivity index (χ1v) is 13.3. The monoisotopic (exact) mass is 502 g/mol.